The average Bonchev–Trinajstić information content (AvgIpc) is 2.66. The molecule has 2 bridgehead atoms. The minimum absolute atomic E-state index is 0.289. The van der Waals surface area contributed by atoms with Crippen LogP contribution >= 0.6 is 0 Å². The highest BCUT2D eigenvalue weighted by Crippen LogP contribution is 2.67. The molecule has 0 heterocycles. The van der Waals surface area contributed by atoms with Gasteiger partial charge in [-0.1, -0.05) is 34.6 Å². The van der Waals surface area contributed by atoms with Crippen molar-refractivity contribution in [2.75, 3.05) is 7.05 Å². The molecule has 0 radical (unpaired) electrons. The Kier molecular flexibility index (Phi) is 2.91. The van der Waals surface area contributed by atoms with E-state index in [1.165, 1.54) is 25.7 Å². The lowest BCUT2D eigenvalue weighted by Gasteiger charge is -2.54. The summed E-state index contributed by atoms with van der Waals surface area (Å²) in [5, 5.41) is 3.43. The molecule has 0 saturated heterocycles. The van der Waals surface area contributed by atoms with Crippen LogP contribution in [0.1, 0.15) is 60.3 Å². The quantitative estimate of drug-likeness (QED) is 0.842. The number of hydrogen-bond acceptors (Lipinski definition) is 2. The van der Waals surface area contributed by atoms with E-state index in [1.807, 2.05) is 0 Å². The van der Waals surface area contributed by atoms with E-state index in [1.54, 1.807) is 0 Å². The van der Waals surface area contributed by atoms with Crippen molar-refractivity contribution in [3.8, 4) is 0 Å². The Labute approximate surface area is 118 Å². The molecule has 0 spiro atoms. The summed E-state index contributed by atoms with van der Waals surface area (Å²) in [6.45, 7) is 12.1. The first-order valence-electron chi connectivity index (χ1n) is 8.06. The van der Waals surface area contributed by atoms with E-state index >= 15 is 0 Å². The van der Waals surface area contributed by atoms with Crippen LogP contribution in [0.3, 0.4) is 0 Å². The summed E-state index contributed by atoms with van der Waals surface area (Å²) in [5.74, 6) is 0.880. The molecule has 3 aliphatic rings. The van der Waals surface area contributed by atoms with Gasteiger partial charge in [0.05, 0.1) is 12.2 Å². The van der Waals surface area contributed by atoms with E-state index in [9.17, 15) is 0 Å². The van der Waals surface area contributed by atoms with E-state index in [2.05, 4.69) is 47.0 Å². The first-order valence-corrected chi connectivity index (χ1v) is 8.06. The molecule has 0 aromatic rings. The van der Waals surface area contributed by atoms with E-state index in [0.717, 1.165) is 5.92 Å². The molecule has 3 saturated carbocycles. The molecule has 0 aromatic carbocycles. The van der Waals surface area contributed by atoms with Gasteiger partial charge in [-0.25, -0.2) is 0 Å². The molecule has 19 heavy (non-hydrogen) atoms. The van der Waals surface area contributed by atoms with Gasteiger partial charge in [-0.05, 0) is 49.5 Å². The van der Waals surface area contributed by atoms with Crippen LogP contribution in [0.15, 0.2) is 0 Å². The van der Waals surface area contributed by atoms with Gasteiger partial charge < -0.3 is 10.1 Å². The summed E-state index contributed by atoms with van der Waals surface area (Å²) in [5.41, 5.74) is 1.16. The molecular weight excluding hydrogens is 234 g/mol. The van der Waals surface area contributed by atoms with Gasteiger partial charge in [0, 0.05) is 11.5 Å². The summed E-state index contributed by atoms with van der Waals surface area (Å²) in [7, 11) is 2.07. The van der Waals surface area contributed by atoms with E-state index in [0.29, 0.717) is 29.1 Å². The molecule has 0 amide bonds. The van der Waals surface area contributed by atoms with Crippen LogP contribution in [-0.4, -0.2) is 25.3 Å². The van der Waals surface area contributed by atoms with Crippen molar-refractivity contribution < 1.29 is 4.74 Å². The molecule has 3 fully saturated rings. The first kappa shape index (κ1) is 13.9. The highest BCUT2D eigenvalue weighted by molar-refractivity contribution is 5.12. The van der Waals surface area contributed by atoms with Crippen LogP contribution in [0, 0.1) is 22.2 Å². The van der Waals surface area contributed by atoms with Crippen molar-refractivity contribution in [1.29, 1.82) is 0 Å². The summed E-state index contributed by atoms with van der Waals surface area (Å²) in [6.07, 6.45) is 6.18. The van der Waals surface area contributed by atoms with Gasteiger partial charge in [0.25, 0.3) is 0 Å². The van der Waals surface area contributed by atoms with Crippen LogP contribution in [0.4, 0.5) is 0 Å². The minimum atomic E-state index is 0.289. The Hall–Kier alpha value is -0.0800. The maximum absolute atomic E-state index is 6.63. The van der Waals surface area contributed by atoms with Crippen molar-refractivity contribution in [3.63, 3.8) is 0 Å². The van der Waals surface area contributed by atoms with Crippen LogP contribution < -0.4 is 5.32 Å². The van der Waals surface area contributed by atoms with Gasteiger partial charge in [-0.2, -0.15) is 0 Å². The topological polar surface area (TPSA) is 21.3 Å². The third-order valence-electron chi connectivity index (χ3n) is 7.57. The van der Waals surface area contributed by atoms with Gasteiger partial charge in [-0.3, -0.25) is 0 Å². The normalized spacial score (nSPS) is 50.2. The second-order valence-corrected chi connectivity index (χ2v) is 8.62. The largest absolute Gasteiger partial charge is 0.374 e. The second kappa shape index (κ2) is 3.98. The number of ether oxygens (including phenoxy) is 1. The SMILES string of the molecule is CNC1CC(OC2CC3CCC2(C)C3(C)C)C1(C)C. The lowest BCUT2D eigenvalue weighted by atomic mass is 9.64. The Morgan fingerprint density at radius 1 is 1.00 bits per heavy atom. The molecule has 1 N–H and O–H groups in total. The highest BCUT2D eigenvalue weighted by Gasteiger charge is 2.63. The monoisotopic (exact) mass is 265 g/mol. The third-order valence-corrected chi connectivity index (χ3v) is 7.57. The molecule has 5 atom stereocenters. The zero-order chi connectivity index (χ0) is 14.1. The predicted octanol–water partition coefficient (Wildman–Crippen LogP) is 3.60. The Morgan fingerprint density at radius 3 is 2.11 bits per heavy atom. The fourth-order valence-electron chi connectivity index (χ4n) is 5.14. The van der Waals surface area contributed by atoms with E-state index in [-0.39, 0.29) is 5.41 Å². The van der Waals surface area contributed by atoms with Crippen LogP contribution in [0.2, 0.25) is 0 Å². The van der Waals surface area contributed by atoms with Crippen molar-refractivity contribution in [1.82, 2.24) is 5.32 Å². The lowest BCUT2D eigenvalue weighted by Crippen LogP contribution is -2.61. The zero-order valence-corrected chi connectivity index (χ0v) is 13.5. The van der Waals surface area contributed by atoms with Crippen LogP contribution in [0.25, 0.3) is 0 Å². The molecule has 3 aliphatic carbocycles. The van der Waals surface area contributed by atoms with Crippen molar-refractivity contribution in [2.45, 2.75) is 78.6 Å². The van der Waals surface area contributed by atoms with Gasteiger partial charge in [0.1, 0.15) is 0 Å². The summed E-state index contributed by atoms with van der Waals surface area (Å²) < 4.78 is 6.63. The summed E-state index contributed by atoms with van der Waals surface area (Å²) in [6, 6.07) is 0.622. The first-order chi connectivity index (χ1) is 8.73. The predicted molar refractivity (Wildman–Crippen MR) is 79.1 cm³/mol. The molecule has 3 rings (SSSR count). The second-order valence-electron chi connectivity index (χ2n) is 8.62. The number of fused-ring (bicyclic) bond motifs is 2. The molecule has 110 valence electrons. The molecule has 5 unspecified atom stereocenters. The van der Waals surface area contributed by atoms with Crippen molar-refractivity contribution in [3.05, 3.63) is 0 Å². The third kappa shape index (κ3) is 1.62. The summed E-state index contributed by atoms with van der Waals surface area (Å²) in [4.78, 5) is 0. The smallest absolute Gasteiger partial charge is 0.0660 e. The van der Waals surface area contributed by atoms with Gasteiger partial charge in [0.15, 0.2) is 0 Å². The fraction of sp³-hybridized carbons (Fsp3) is 1.00. The van der Waals surface area contributed by atoms with Gasteiger partial charge in [-0.15, -0.1) is 0 Å². The number of rotatable bonds is 3. The maximum Gasteiger partial charge on any atom is 0.0660 e. The average molecular weight is 265 g/mol. The van der Waals surface area contributed by atoms with Gasteiger partial charge in [0.2, 0.25) is 0 Å². The molecule has 2 heteroatoms. The Balaban J connectivity index is 1.70. The Morgan fingerprint density at radius 2 is 1.68 bits per heavy atom. The van der Waals surface area contributed by atoms with Crippen LogP contribution in [0.5, 0.6) is 0 Å². The van der Waals surface area contributed by atoms with Gasteiger partial charge >= 0.3 is 0 Å². The molecule has 2 nitrogen and oxygen atoms in total. The van der Waals surface area contributed by atoms with Crippen LogP contribution in [-0.2, 0) is 4.74 Å². The maximum atomic E-state index is 6.63. The standard InChI is InChI=1S/C17H31NO/c1-15(2)12(18-6)10-13(15)19-14-9-11-7-8-17(14,5)16(11,3)4/h11-14,18H,7-10H2,1-6H3. The van der Waals surface area contributed by atoms with E-state index in [4.69, 9.17) is 4.74 Å². The van der Waals surface area contributed by atoms with E-state index < -0.39 is 0 Å². The summed E-state index contributed by atoms with van der Waals surface area (Å²) >= 11 is 0. The zero-order valence-electron chi connectivity index (χ0n) is 13.5. The number of hydrogen-bond donors (Lipinski definition) is 1. The molecular formula is C17H31NO. The highest BCUT2D eigenvalue weighted by atomic mass is 16.5. The Bertz CT molecular complexity index is 375. The molecule has 0 aromatic heterocycles. The lowest BCUT2D eigenvalue weighted by molar-refractivity contribution is -0.177. The van der Waals surface area contributed by atoms with Crippen molar-refractivity contribution >= 4 is 0 Å². The number of nitrogens with one attached hydrogen (secondary N) is 1. The fourth-order valence-corrected chi connectivity index (χ4v) is 5.14. The van der Waals surface area contributed by atoms with Crippen molar-refractivity contribution in [2.24, 2.45) is 22.2 Å². The minimum Gasteiger partial charge on any atom is -0.374 e. The molecule has 0 aliphatic heterocycles.